The first kappa shape index (κ1) is 15.3. The van der Waals surface area contributed by atoms with Crippen LogP contribution in [-0.2, 0) is 0 Å². The lowest BCUT2D eigenvalue weighted by Gasteiger charge is -2.10. The molecule has 2 N–H and O–H groups in total. The number of nitrogens with zero attached hydrogens (tertiary/aromatic N) is 3. The number of ether oxygens (including phenoxy) is 1. The minimum atomic E-state index is 0.159. The average Bonchev–Trinajstić information content (AvgIpc) is 3.15. The summed E-state index contributed by atoms with van der Waals surface area (Å²) in [5.41, 5.74) is 8.18. The van der Waals surface area contributed by atoms with Gasteiger partial charge in [0, 0.05) is 23.4 Å². The predicted octanol–water partition coefficient (Wildman–Crippen LogP) is 3.42. The summed E-state index contributed by atoms with van der Waals surface area (Å²) < 4.78 is 10.8. The third-order valence-corrected chi connectivity index (χ3v) is 3.32. The fourth-order valence-electron chi connectivity index (χ4n) is 2.21. The van der Waals surface area contributed by atoms with E-state index in [9.17, 15) is 5.26 Å². The number of anilines is 1. The molecule has 118 valence electrons. The van der Waals surface area contributed by atoms with Crippen LogP contribution in [0.5, 0.6) is 5.88 Å². The molecule has 6 heteroatoms. The van der Waals surface area contributed by atoms with Crippen LogP contribution in [-0.4, -0.2) is 16.6 Å². The van der Waals surface area contributed by atoms with E-state index < -0.39 is 0 Å². The van der Waals surface area contributed by atoms with Crippen molar-refractivity contribution in [2.45, 2.75) is 0 Å². The van der Waals surface area contributed by atoms with Gasteiger partial charge in [-0.1, -0.05) is 12.7 Å². The first-order chi connectivity index (χ1) is 11.7. The zero-order valence-electron chi connectivity index (χ0n) is 12.8. The van der Waals surface area contributed by atoms with Crippen LogP contribution >= 0.6 is 0 Å². The molecule has 24 heavy (non-hydrogen) atoms. The largest absolute Gasteiger partial charge is 0.473 e. The number of aromatic nitrogens is 2. The van der Waals surface area contributed by atoms with Crippen molar-refractivity contribution in [3.05, 3.63) is 61.0 Å². The standard InChI is InChI=1S/C18H14N4O2/c1-2-7-24-16-6-5-12(11-21-16)14-9-13(10-19)18(20)22-17(14)15-4-3-8-23-15/h2-6,8-9,11H,1,7H2,(H2,20,22). The Hall–Kier alpha value is -3.59. The Labute approximate surface area is 138 Å². The summed E-state index contributed by atoms with van der Waals surface area (Å²) in [6, 6.07) is 10.9. The molecule has 6 nitrogen and oxygen atoms in total. The Bertz CT molecular complexity index is 894. The maximum absolute atomic E-state index is 9.21. The highest BCUT2D eigenvalue weighted by Crippen LogP contribution is 2.33. The normalized spacial score (nSPS) is 10.1. The second-order valence-electron chi connectivity index (χ2n) is 4.89. The molecule has 3 aromatic heterocycles. The number of hydrogen-bond donors (Lipinski definition) is 1. The molecule has 0 aliphatic carbocycles. The van der Waals surface area contributed by atoms with Crippen molar-refractivity contribution in [2.24, 2.45) is 0 Å². The van der Waals surface area contributed by atoms with Gasteiger partial charge in [-0.2, -0.15) is 5.26 Å². The molecule has 0 bridgehead atoms. The van der Waals surface area contributed by atoms with Crippen molar-refractivity contribution < 1.29 is 9.15 Å². The van der Waals surface area contributed by atoms with Gasteiger partial charge in [0.15, 0.2) is 5.76 Å². The third-order valence-electron chi connectivity index (χ3n) is 3.32. The van der Waals surface area contributed by atoms with E-state index in [1.165, 1.54) is 0 Å². The molecule has 0 unspecified atom stereocenters. The van der Waals surface area contributed by atoms with Gasteiger partial charge in [-0.15, -0.1) is 0 Å². The second kappa shape index (κ2) is 6.67. The van der Waals surface area contributed by atoms with Crippen LogP contribution in [0.15, 0.2) is 59.9 Å². The fourth-order valence-corrected chi connectivity index (χ4v) is 2.21. The fraction of sp³-hybridized carbons (Fsp3) is 0.0556. The van der Waals surface area contributed by atoms with Gasteiger partial charge in [0.05, 0.1) is 11.8 Å². The van der Waals surface area contributed by atoms with Gasteiger partial charge in [-0.25, -0.2) is 9.97 Å². The quantitative estimate of drug-likeness (QED) is 0.724. The van der Waals surface area contributed by atoms with E-state index in [1.54, 1.807) is 42.8 Å². The molecule has 3 rings (SSSR count). The molecule has 0 atom stereocenters. The molecule has 3 heterocycles. The maximum atomic E-state index is 9.21. The zero-order valence-corrected chi connectivity index (χ0v) is 12.8. The molecule has 0 fully saturated rings. The number of nitriles is 1. The Morgan fingerprint density at radius 2 is 2.25 bits per heavy atom. The van der Waals surface area contributed by atoms with Gasteiger partial charge < -0.3 is 14.9 Å². The average molecular weight is 318 g/mol. The Morgan fingerprint density at radius 1 is 1.38 bits per heavy atom. The van der Waals surface area contributed by atoms with Crippen molar-refractivity contribution in [2.75, 3.05) is 12.3 Å². The minimum absolute atomic E-state index is 0.159. The second-order valence-corrected chi connectivity index (χ2v) is 4.89. The lowest BCUT2D eigenvalue weighted by molar-refractivity contribution is 0.349. The lowest BCUT2D eigenvalue weighted by atomic mass is 10.0. The number of rotatable bonds is 5. The van der Waals surface area contributed by atoms with Crippen LogP contribution in [0.2, 0.25) is 0 Å². The van der Waals surface area contributed by atoms with E-state index in [4.69, 9.17) is 14.9 Å². The van der Waals surface area contributed by atoms with Crippen LogP contribution in [0.25, 0.3) is 22.6 Å². The van der Waals surface area contributed by atoms with Crippen molar-refractivity contribution in [3.63, 3.8) is 0 Å². The third kappa shape index (κ3) is 2.96. The molecule has 0 aliphatic heterocycles. The summed E-state index contributed by atoms with van der Waals surface area (Å²) in [6.07, 6.45) is 4.85. The van der Waals surface area contributed by atoms with E-state index in [-0.39, 0.29) is 5.82 Å². The molecule has 0 aromatic carbocycles. The molecular weight excluding hydrogens is 304 g/mol. The first-order valence-electron chi connectivity index (χ1n) is 7.17. The van der Waals surface area contributed by atoms with Crippen molar-refractivity contribution in [3.8, 4) is 34.5 Å². The van der Waals surface area contributed by atoms with Crippen LogP contribution in [0.3, 0.4) is 0 Å². The van der Waals surface area contributed by atoms with Crippen molar-refractivity contribution in [1.82, 2.24) is 9.97 Å². The SMILES string of the molecule is C=CCOc1ccc(-c2cc(C#N)c(N)nc2-c2ccco2)cn1. The molecule has 0 radical (unpaired) electrons. The minimum Gasteiger partial charge on any atom is -0.473 e. The molecule has 0 aliphatic rings. The summed E-state index contributed by atoms with van der Waals surface area (Å²) in [4.78, 5) is 8.57. The predicted molar refractivity (Wildman–Crippen MR) is 90.0 cm³/mol. The summed E-state index contributed by atoms with van der Waals surface area (Å²) >= 11 is 0. The highest BCUT2D eigenvalue weighted by Gasteiger charge is 2.15. The van der Waals surface area contributed by atoms with Gasteiger partial charge in [-0.3, -0.25) is 0 Å². The smallest absolute Gasteiger partial charge is 0.213 e. The summed E-state index contributed by atoms with van der Waals surface area (Å²) in [6.45, 7) is 3.98. The molecule has 0 spiro atoms. The van der Waals surface area contributed by atoms with Gasteiger partial charge in [0.25, 0.3) is 0 Å². The van der Waals surface area contributed by atoms with E-state index in [0.29, 0.717) is 35.1 Å². The first-order valence-corrected chi connectivity index (χ1v) is 7.17. The molecule has 0 saturated heterocycles. The van der Waals surface area contributed by atoms with Crippen LogP contribution in [0, 0.1) is 11.3 Å². The van der Waals surface area contributed by atoms with Gasteiger partial charge >= 0.3 is 0 Å². The van der Waals surface area contributed by atoms with E-state index in [2.05, 4.69) is 16.5 Å². The number of hydrogen-bond acceptors (Lipinski definition) is 6. The Kier molecular flexibility index (Phi) is 4.25. The zero-order chi connectivity index (χ0) is 16.9. The highest BCUT2D eigenvalue weighted by molar-refractivity contribution is 5.81. The van der Waals surface area contributed by atoms with E-state index >= 15 is 0 Å². The highest BCUT2D eigenvalue weighted by atomic mass is 16.5. The molecular formula is C18H14N4O2. The van der Waals surface area contributed by atoms with Crippen LogP contribution in [0.4, 0.5) is 5.82 Å². The number of pyridine rings is 2. The Balaban J connectivity index is 2.09. The van der Waals surface area contributed by atoms with Gasteiger partial charge in [-0.05, 0) is 24.3 Å². The lowest BCUT2D eigenvalue weighted by Crippen LogP contribution is -2.00. The monoisotopic (exact) mass is 318 g/mol. The summed E-state index contributed by atoms with van der Waals surface area (Å²) in [5.74, 6) is 1.21. The molecule has 0 saturated carbocycles. The maximum Gasteiger partial charge on any atom is 0.213 e. The van der Waals surface area contributed by atoms with Crippen LogP contribution < -0.4 is 10.5 Å². The summed E-state index contributed by atoms with van der Waals surface area (Å²) in [5, 5.41) is 9.21. The molecule has 3 aromatic rings. The van der Waals surface area contributed by atoms with Gasteiger partial charge in [0.1, 0.15) is 24.2 Å². The van der Waals surface area contributed by atoms with Crippen LogP contribution in [0.1, 0.15) is 5.56 Å². The number of nitrogen functional groups attached to an aromatic ring is 1. The topological polar surface area (TPSA) is 98.0 Å². The van der Waals surface area contributed by atoms with Crippen molar-refractivity contribution in [1.29, 1.82) is 5.26 Å². The number of furan rings is 1. The van der Waals surface area contributed by atoms with E-state index in [1.807, 2.05) is 12.1 Å². The van der Waals surface area contributed by atoms with E-state index in [0.717, 1.165) is 5.56 Å². The number of nitrogens with two attached hydrogens (primary N) is 1. The summed E-state index contributed by atoms with van der Waals surface area (Å²) in [7, 11) is 0. The Morgan fingerprint density at radius 3 is 2.88 bits per heavy atom. The molecule has 0 amide bonds. The van der Waals surface area contributed by atoms with Gasteiger partial charge in [0.2, 0.25) is 5.88 Å². The van der Waals surface area contributed by atoms with Crippen molar-refractivity contribution >= 4 is 5.82 Å².